The molecule has 1 aromatic carbocycles. The first kappa shape index (κ1) is 14.7. The summed E-state index contributed by atoms with van der Waals surface area (Å²) in [7, 11) is 0. The fraction of sp³-hybridized carbons (Fsp3) is 0.450. The van der Waals surface area contributed by atoms with Crippen molar-refractivity contribution in [2.75, 3.05) is 13.1 Å². The summed E-state index contributed by atoms with van der Waals surface area (Å²) in [6.07, 6.45) is 11.7. The first-order valence-corrected chi connectivity index (χ1v) is 8.90. The molecule has 0 amide bonds. The highest BCUT2D eigenvalue weighted by Gasteiger charge is 2.15. The molecule has 0 spiro atoms. The zero-order valence-electron chi connectivity index (χ0n) is 13.7. The van der Waals surface area contributed by atoms with Crippen molar-refractivity contribution in [1.29, 1.82) is 0 Å². The maximum absolute atomic E-state index is 4.60. The molecule has 3 nitrogen and oxygen atoms in total. The van der Waals surface area contributed by atoms with Crippen LogP contribution in [0.4, 0.5) is 0 Å². The zero-order valence-corrected chi connectivity index (χ0v) is 13.7. The number of hydrogen-bond donors (Lipinski definition) is 1. The lowest BCUT2D eigenvalue weighted by molar-refractivity contribution is 0.613. The normalized spacial score (nSPS) is 17.8. The molecule has 0 unspecified atom stereocenters. The molecule has 1 fully saturated rings. The number of fused-ring (bicyclic) bond motifs is 1. The van der Waals surface area contributed by atoms with E-state index in [1.807, 2.05) is 6.33 Å². The summed E-state index contributed by atoms with van der Waals surface area (Å²) in [5.41, 5.74) is 7.04. The van der Waals surface area contributed by atoms with Crippen LogP contribution in [0.1, 0.15) is 48.2 Å². The van der Waals surface area contributed by atoms with Gasteiger partial charge in [-0.2, -0.15) is 0 Å². The number of nitrogens with one attached hydrogen (secondary N) is 1. The van der Waals surface area contributed by atoms with Gasteiger partial charge in [-0.1, -0.05) is 35.9 Å². The molecular formula is C20H25N3. The fourth-order valence-corrected chi connectivity index (χ4v) is 3.71. The van der Waals surface area contributed by atoms with Gasteiger partial charge in [0.05, 0.1) is 12.0 Å². The van der Waals surface area contributed by atoms with E-state index in [0.29, 0.717) is 0 Å². The number of hydrogen-bond acceptors (Lipinski definition) is 2. The van der Waals surface area contributed by atoms with Crippen molar-refractivity contribution < 1.29 is 0 Å². The molecule has 1 saturated heterocycles. The van der Waals surface area contributed by atoms with Crippen molar-refractivity contribution in [2.45, 2.75) is 45.1 Å². The summed E-state index contributed by atoms with van der Waals surface area (Å²) in [4.78, 5) is 4.60. The van der Waals surface area contributed by atoms with Gasteiger partial charge in [0.15, 0.2) is 0 Å². The molecule has 1 aromatic heterocycles. The molecule has 1 N–H and O–H groups in total. The third kappa shape index (κ3) is 3.40. The van der Waals surface area contributed by atoms with Crippen LogP contribution >= 0.6 is 0 Å². The standard InChI is InChI=1S/C20H25N3/c1-2-4-20-19(3-1)22-15-23(20)14-18-7-5-16(6-8-18)13-17-9-11-21-12-10-17/h5-8,13,15,21H,1-4,9-12,14H2. The van der Waals surface area contributed by atoms with Gasteiger partial charge in [0.25, 0.3) is 0 Å². The second-order valence-electron chi connectivity index (χ2n) is 6.77. The highest BCUT2D eigenvalue weighted by molar-refractivity contribution is 5.53. The van der Waals surface area contributed by atoms with Crippen LogP contribution in [0.15, 0.2) is 36.2 Å². The van der Waals surface area contributed by atoms with Crippen molar-refractivity contribution in [1.82, 2.24) is 14.9 Å². The summed E-state index contributed by atoms with van der Waals surface area (Å²) >= 11 is 0. The monoisotopic (exact) mass is 307 g/mol. The summed E-state index contributed by atoms with van der Waals surface area (Å²) in [6, 6.07) is 9.05. The van der Waals surface area contributed by atoms with Gasteiger partial charge in [0.2, 0.25) is 0 Å². The van der Waals surface area contributed by atoms with Crippen molar-refractivity contribution in [3.63, 3.8) is 0 Å². The van der Waals surface area contributed by atoms with Crippen LogP contribution in [0.3, 0.4) is 0 Å². The molecule has 2 aliphatic rings. The quantitative estimate of drug-likeness (QED) is 0.939. The van der Waals surface area contributed by atoms with Crippen LogP contribution in [-0.2, 0) is 19.4 Å². The van der Waals surface area contributed by atoms with Crippen LogP contribution in [-0.4, -0.2) is 22.6 Å². The fourth-order valence-electron chi connectivity index (χ4n) is 3.71. The second-order valence-corrected chi connectivity index (χ2v) is 6.77. The summed E-state index contributed by atoms with van der Waals surface area (Å²) < 4.78 is 2.34. The van der Waals surface area contributed by atoms with Crippen molar-refractivity contribution in [3.05, 3.63) is 58.7 Å². The van der Waals surface area contributed by atoms with Gasteiger partial charge in [-0.15, -0.1) is 0 Å². The van der Waals surface area contributed by atoms with Crippen LogP contribution in [0.25, 0.3) is 6.08 Å². The summed E-state index contributed by atoms with van der Waals surface area (Å²) in [5.74, 6) is 0. The van der Waals surface area contributed by atoms with Crippen LogP contribution in [0.5, 0.6) is 0 Å². The Labute approximate surface area is 138 Å². The SMILES string of the molecule is C(=C1CCNCC1)c1ccc(Cn2cnc3c2CCCC3)cc1. The lowest BCUT2D eigenvalue weighted by atomic mass is 10.0. The number of aryl methyl sites for hydroxylation is 1. The molecule has 2 heterocycles. The highest BCUT2D eigenvalue weighted by atomic mass is 15.1. The number of rotatable bonds is 3. The van der Waals surface area contributed by atoms with E-state index in [4.69, 9.17) is 0 Å². The minimum Gasteiger partial charge on any atom is -0.330 e. The minimum absolute atomic E-state index is 0.948. The lowest BCUT2D eigenvalue weighted by Crippen LogP contribution is -2.22. The van der Waals surface area contributed by atoms with E-state index < -0.39 is 0 Å². The Morgan fingerprint density at radius 1 is 1.00 bits per heavy atom. The molecule has 23 heavy (non-hydrogen) atoms. The average Bonchev–Trinajstić information content (AvgIpc) is 3.01. The topological polar surface area (TPSA) is 29.9 Å². The van der Waals surface area contributed by atoms with Crippen molar-refractivity contribution in [2.24, 2.45) is 0 Å². The smallest absolute Gasteiger partial charge is 0.0954 e. The molecule has 2 aromatic rings. The molecule has 1 aliphatic carbocycles. The van der Waals surface area contributed by atoms with Gasteiger partial charge >= 0.3 is 0 Å². The molecule has 1 aliphatic heterocycles. The van der Waals surface area contributed by atoms with Crippen LogP contribution in [0, 0.1) is 0 Å². The second kappa shape index (κ2) is 6.71. The maximum Gasteiger partial charge on any atom is 0.0954 e. The number of imidazole rings is 1. The number of piperidine rings is 1. The first-order valence-electron chi connectivity index (χ1n) is 8.90. The van der Waals surface area contributed by atoms with Crippen LogP contribution in [0.2, 0.25) is 0 Å². The third-order valence-corrected chi connectivity index (χ3v) is 5.06. The predicted octanol–water partition coefficient (Wildman–Crippen LogP) is 3.58. The van der Waals surface area contributed by atoms with Crippen molar-refractivity contribution in [3.8, 4) is 0 Å². The molecule has 120 valence electrons. The van der Waals surface area contributed by atoms with Gasteiger partial charge in [0.1, 0.15) is 0 Å². The Hall–Kier alpha value is -1.87. The summed E-state index contributed by atoms with van der Waals surface area (Å²) in [5, 5.41) is 3.41. The predicted molar refractivity (Wildman–Crippen MR) is 94.5 cm³/mol. The van der Waals surface area contributed by atoms with E-state index in [1.165, 1.54) is 54.6 Å². The largest absolute Gasteiger partial charge is 0.330 e. The Morgan fingerprint density at radius 3 is 2.61 bits per heavy atom. The molecule has 0 saturated carbocycles. The Kier molecular flexibility index (Phi) is 4.29. The van der Waals surface area contributed by atoms with Crippen LogP contribution < -0.4 is 5.32 Å². The van der Waals surface area contributed by atoms with Gasteiger partial charge in [-0.05, 0) is 62.7 Å². The van der Waals surface area contributed by atoms with Gasteiger partial charge in [0, 0.05) is 12.2 Å². The molecule has 4 rings (SSSR count). The Morgan fingerprint density at radius 2 is 1.78 bits per heavy atom. The minimum atomic E-state index is 0.948. The zero-order chi connectivity index (χ0) is 15.5. The number of aromatic nitrogens is 2. The number of nitrogens with zero attached hydrogens (tertiary/aromatic N) is 2. The van der Waals surface area contributed by atoms with Crippen molar-refractivity contribution >= 4 is 6.08 Å². The molecular weight excluding hydrogens is 282 g/mol. The third-order valence-electron chi connectivity index (χ3n) is 5.06. The molecule has 0 radical (unpaired) electrons. The molecule has 3 heteroatoms. The molecule has 0 bridgehead atoms. The van der Waals surface area contributed by atoms with E-state index in [-0.39, 0.29) is 0 Å². The van der Waals surface area contributed by atoms with E-state index in [1.54, 1.807) is 5.57 Å². The Balaban J connectivity index is 1.47. The van der Waals surface area contributed by atoms with E-state index in [9.17, 15) is 0 Å². The number of benzene rings is 1. The lowest BCUT2D eigenvalue weighted by Gasteiger charge is -2.15. The maximum atomic E-state index is 4.60. The van der Waals surface area contributed by atoms with E-state index in [0.717, 1.165) is 26.1 Å². The van der Waals surface area contributed by atoms with Gasteiger partial charge < -0.3 is 9.88 Å². The highest BCUT2D eigenvalue weighted by Crippen LogP contribution is 2.21. The molecule has 0 atom stereocenters. The van der Waals surface area contributed by atoms with Gasteiger partial charge in [-0.3, -0.25) is 0 Å². The summed E-state index contributed by atoms with van der Waals surface area (Å²) in [6.45, 7) is 3.19. The average molecular weight is 307 g/mol. The van der Waals surface area contributed by atoms with E-state index in [2.05, 4.69) is 45.2 Å². The van der Waals surface area contributed by atoms with Gasteiger partial charge in [-0.25, -0.2) is 4.98 Å². The van der Waals surface area contributed by atoms with E-state index >= 15 is 0 Å². The first-order chi connectivity index (χ1) is 11.4. The Bertz CT molecular complexity index is 686.